The molecule has 0 rings (SSSR count). The molecule has 0 fully saturated rings. The molecule has 0 aromatic rings. The third kappa shape index (κ3) is 8.58. The van der Waals surface area contributed by atoms with Gasteiger partial charge in [-0.3, -0.25) is 14.4 Å². The summed E-state index contributed by atoms with van der Waals surface area (Å²) in [7, 11) is 0. The molecule has 0 radical (unpaired) electrons. The lowest BCUT2D eigenvalue weighted by Crippen LogP contribution is -2.52. The van der Waals surface area contributed by atoms with E-state index >= 15 is 0 Å². The quantitative estimate of drug-likeness (QED) is 0.295. The van der Waals surface area contributed by atoms with E-state index in [2.05, 4.69) is 10.6 Å². The summed E-state index contributed by atoms with van der Waals surface area (Å²) in [5, 5.41) is 13.6. The first-order chi connectivity index (χ1) is 9.77. The highest BCUT2D eigenvalue weighted by Crippen LogP contribution is 2.02. The zero-order valence-corrected chi connectivity index (χ0v) is 11.9. The predicted octanol–water partition coefficient (Wildman–Crippen LogP) is -1.94. The van der Waals surface area contributed by atoms with E-state index in [1.807, 2.05) is 0 Å². The van der Waals surface area contributed by atoms with Gasteiger partial charge in [0.2, 0.25) is 17.7 Å². The summed E-state index contributed by atoms with van der Waals surface area (Å²) >= 11 is 0. The molecule has 0 unspecified atom stereocenters. The number of primary amides is 1. The van der Waals surface area contributed by atoms with Crippen LogP contribution in [0.15, 0.2) is 0 Å². The monoisotopic (exact) mass is 302 g/mol. The van der Waals surface area contributed by atoms with E-state index in [9.17, 15) is 19.2 Å². The van der Waals surface area contributed by atoms with Gasteiger partial charge in [0.15, 0.2) is 0 Å². The van der Waals surface area contributed by atoms with Crippen molar-refractivity contribution in [1.29, 1.82) is 0 Å². The van der Waals surface area contributed by atoms with E-state index in [1.165, 1.54) is 6.92 Å². The number of rotatable bonds is 10. The second-order valence-corrected chi connectivity index (χ2v) is 4.61. The lowest BCUT2D eigenvalue weighted by Gasteiger charge is -2.20. The Hall–Kier alpha value is -2.16. The first kappa shape index (κ1) is 18.8. The van der Waals surface area contributed by atoms with Crippen LogP contribution in [-0.4, -0.2) is 47.4 Å². The van der Waals surface area contributed by atoms with Crippen LogP contribution in [0, 0.1) is 0 Å². The second-order valence-electron chi connectivity index (χ2n) is 4.61. The maximum atomic E-state index is 12.0. The average molecular weight is 302 g/mol. The molecule has 21 heavy (non-hydrogen) atoms. The summed E-state index contributed by atoms with van der Waals surface area (Å²) < 4.78 is 0. The Balaban J connectivity index is 4.71. The number of carbonyl (C=O) groups is 4. The lowest BCUT2D eigenvalue weighted by molar-refractivity contribution is -0.143. The van der Waals surface area contributed by atoms with Crippen molar-refractivity contribution < 1.29 is 24.3 Å². The van der Waals surface area contributed by atoms with Crippen LogP contribution in [-0.2, 0) is 19.2 Å². The molecule has 0 aromatic carbocycles. The molecule has 120 valence electrons. The average Bonchev–Trinajstić information content (AvgIpc) is 2.35. The van der Waals surface area contributed by atoms with Crippen molar-refractivity contribution in [1.82, 2.24) is 10.6 Å². The van der Waals surface area contributed by atoms with E-state index < -0.39 is 42.2 Å². The summed E-state index contributed by atoms with van der Waals surface area (Å²) in [5.41, 5.74) is 10.3. The topological polar surface area (TPSA) is 165 Å². The van der Waals surface area contributed by atoms with Crippen molar-refractivity contribution in [2.24, 2.45) is 11.5 Å². The fourth-order valence-electron chi connectivity index (χ4n) is 1.68. The molecule has 0 saturated heterocycles. The van der Waals surface area contributed by atoms with Gasteiger partial charge in [-0.2, -0.15) is 0 Å². The normalized spacial score (nSPS) is 13.0. The zero-order valence-electron chi connectivity index (χ0n) is 11.9. The van der Waals surface area contributed by atoms with Gasteiger partial charge in [-0.25, -0.2) is 4.79 Å². The number of hydrogen-bond acceptors (Lipinski definition) is 5. The van der Waals surface area contributed by atoms with Gasteiger partial charge in [-0.1, -0.05) is 0 Å². The number of carboxylic acid groups (broad SMARTS) is 1. The minimum Gasteiger partial charge on any atom is -0.480 e. The number of nitrogens with two attached hydrogens (primary N) is 2. The molecule has 0 saturated carbocycles. The molecule has 3 amide bonds. The fourth-order valence-corrected chi connectivity index (χ4v) is 1.68. The molecule has 7 N–H and O–H groups in total. The van der Waals surface area contributed by atoms with E-state index in [4.69, 9.17) is 16.6 Å². The Kier molecular flexibility index (Phi) is 8.70. The van der Waals surface area contributed by atoms with Crippen molar-refractivity contribution in [3.63, 3.8) is 0 Å². The number of hydrogen-bond donors (Lipinski definition) is 5. The molecule has 0 aliphatic carbocycles. The van der Waals surface area contributed by atoms with Crippen LogP contribution in [0.3, 0.4) is 0 Å². The summed E-state index contributed by atoms with van der Waals surface area (Å²) in [6.45, 7) is 1.70. The standard InChI is InChI=1S/C12H22N4O5/c1-7(17)15-8(4-2-3-5-13)11(19)16-9(12(20)21)6-10(14)18/h8-9H,2-6,13H2,1H3,(H2,14,18)(H,15,17)(H,16,19)(H,20,21)/t8-,9-/m0/s1. The number of unbranched alkanes of at least 4 members (excludes halogenated alkanes) is 1. The number of aliphatic carboxylic acids is 1. The van der Waals surface area contributed by atoms with E-state index in [1.54, 1.807) is 0 Å². The Morgan fingerprint density at radius 3 is 2.14 bits per heavy atom. The minimum absolute atomic E-state index is 0.325. The summed E-state index contributed by atoms with van der Waals surface area (Å²) in [4.78, 5) is 44.8. The molecular formula is C12H22N4O5. The Labute approximate surface area is 122 Å². The van der Waals surface area contributed by atoms with Crippen LogP contribution >= 0.6 is 0 Å². The van der Waals surface area contributed by atoms with Crippen LogP contribution < -0.4 is 22.1 Å². The van der Waals surface area contributed by atoms with Gasteiger partial charge in [-0.15, -0.1) is 0 Å². The summed E-state index contributed by atoms with van der Waals surface area (Å²) in [6, 6.07) is -2.29. The SMILES string of the molecule is CC(=O)N[C@@H](CCCCN)C(=O)N[C@@H](CC(N)=O)C(=O)O. The van der Waals surface area contributed by atoms with Crippen LogP contribution in [0.5, 0.6) is 0 Å². The van der Waals surface area contributed by atoms with Crippen molar-refractivity contribution in [3.8, 4) is 0 Å². The third-order valence-corrected chi connectivity index (χ3v) is 2.66. The Bertz CT molecular complexity index is 399. The van der Waals surface area contributed by atoms with Gasteiger partial charge in [0.05, 0.1) is 6.42 Å². The predicted molar refractivity (Wildman–Crippen MR) is 73.9 cm³/mol. The molecule has 0 bridgehead atoms. The molecule has 0 aromatic heterocycles. The van der Waals surface area contributed by atoms with Crippen LogP contribution in [0.25, 0.3) is 0 Å². The lowest BCUT2D eigenvalue weighted by atomic mass is 10.1. The smallest absolute Gasteiger partial charge is 0.326 e. The molecule has 0 aliphatic rings. The van der Waals surface area contributed by atoms with Gasteiger partial charge in [0, 0.05) is 6.92 Å². The van der Waals surface area contributed by atoms with E-state index in [-0.39, 0.29) is 0 Å². The first-order valence-electron chi connectivity index (χ1n) is 6.56. The van der Waals surface area contributed by atoms with Gasteiger partial charge < -0.3 is 27.2 Å². The largest absolute Gasteiger partial charge is 0.480 e. The van der Waals surface area contributed by atoms with Gasteiger partial charge in [0.1, 0.15) is 12.1 Å². The van der Waals surface area contributed by atoms with Gasteiger partial charge in [0.25, 0.3) is 0 Å². The van der Waals surface area contributed by atoms with Crippen molar-refractivity contribution in [2.45, 2.75) is 44.7 Å². The summed E-state index contributed by atoms with van der Waals surface area (Å²) in [6.07, 6.45) is 1.08. The van der Waals surface area contributed by atoms with Crippen LogP contribution in [0.1, 0.15) is 32.6 Å². The minimum atomic E-state index is -1.42. The molecular weight excluding hydrogens is 280 g/mol. The highest BCUT2D eigenvalue weighted by atomic mass is 16.4. The van der Waals surface area contributed by atoms with Gasteiger partial charge in [-0.05, 0) is 25.8 Å². The fraction of sp³-hybridized carbons (Fsp3) is 0.667. The van der Waals surface area contributed by atoms with Crippen LogP contribution in [0.2, 0.25) is 0 Å². The summed E-state index contributed by atoms with van der Waals surface area (Å²) in [5.74, 6) is -3.30. The molecule has 9 nitrogen and oxygen atoms in total. The van der Waals surface area contributed by atoms with Crippen molar-refractivity contribution in [3.05, 3.63) is 0 Å². The number of carboxylic acids is 1. The zero-order chi connectivity index (χ0) is 16.4. The highest BCUT2D eigenvalue weighted by Gasteiger charge is 2.26. The number of nitrogens with one attached hydrogen (secondary N) is 2. The van der Waals surface area contributed by atoms with Crippen LogP contribution in [0.4, 0.5) is 0 Å². The highest BCUT2D eigenvalue weighted by molar-refractivity contribution is 5.91. The van der Waals surface area contributed by atoms with E-state index in [0.717, 1.165) is 0 Å². The van der Waals surface area contributed by atoms with E-state index in [0.29, 0.717) is 25.8 Å². The van der Waals surface area contributed by atoms with Crippen molar-refractivity contribution >= 4 is 23.7 Å². The molecule has 2 atom stereocenters. The number of amides is 3. The molecule has 0 spiro atoms. The van der Waals surface area contributed by atoms with Gasteiger partial charge >= 0.3 is 5.97 Å². The maximum Gasteiger partial charge on any atom is 0.326 e. The second kappa shape index (κ2) is 9.70. The molecule has 0 aliphatic heterocycles. The van der Waals surface area contributed by atoms with Crippen molar-refractivity contribution in [2.75, 3.05) is 6.54 Å². The Morgan fingerprint density at radius 1 is 1.10 bits per heavy atom. The molecule has 9 heteroatoms. The molecule has 0 heterocycles. The Morgan fingerprint density at radius 2 is 1.71 bits per heavy atom. The maximum absolute atomic E-state index is 12.0. The first-order valence-corrected chi connectivity index (χ1v) is 6.56. The number of carbonyl (C=O) groups excluding carboxylic acids is 3. The third-order valence-electron chi connectivity index (χ3n) is 2.66.